The minimum absolute atomic E-state index is 0.0182. The number of sulfone groups is 1. The first-order chi connectivity index (χ1) is 25.6. The Hall–Kier alpha value is -4.22. The molecule has 17 heteroatoms. The summed E-state index contributed by atoms with van der Waals surface area (Å²) in [7, 11) is -2.23. The van der Waals surface area contributed by atoms with E-state index < -0.39 is 68.5 Å². The van der Waals surface area contributed by atoms with Crippen molar-refractivity contribution in [3.05, 3.63) is 41.7 Å². The Morgan fingerprint density at radius 1 is 1.04 bits per heavy atom. The highest BCUT2D eigenvalue weighted by atomic mass is 32.2. The van der Waals surface area contributed by atoms with Gasteiger partial charge in [-0.25, -0.2) is 13.1 Å². The van der Waals surface area contributed by atoms with Crippen LogP contribution in [0, 0.1) is 5.92 Å². The molecule has 2 saturated carbocycles. The molecule has 1 saturated heterocycles. The smallest absolute Gasteiger partial charge is 0.287 e. The Kier molecular flexibility index (Phi) is 12.9. The number of carbonyl (C=O) groups is 5. The van der Waals surface area contributed by atoms with Crippen LogP contribution >= 0.6 is 0 Å². The van der Waals surface area contributed by atoms with E-state index in [1.165, 1.54) is 47.2 Å². The fraction of sp³-hybridized carbons (Fsp3) is 0.649. The van der Waals surface area contributed by atoms with E-state index in [1.54, 1.807) is 13.8 Å². The number of nitrogens with one attached hydrogen (secondary N) is 2. The van der Waals surface area contributed by atoms with Gasteiger partial charge in [0.25, 0.3) is 11.8 Å². The Morgan fingerprint density at radius 2 is 1.69 bits per heavy atom. The van der Waals surface area contributed by atoms with Crippen molar-refractivity contribution in [2.24, 2.45) is 11.7 Å². The van der Waals surface area contributed by atoms with Gasteiger partial charge in [-0.3, -0.25) is 24.0 Å². The number of carbonyl (C=O) groups excluding carboxylic acids is 5. The second-order valence-electron chi connectivity index (χ2n) is 15.4. The number of aromatic nitrogens is 3. The maximum atomic E-state index is 14.8. The molecule has 16 nitrogen and oxygen atoms in total. The van der Waals surface area contributed by atoms with Crippen LogP contribution in [-0.4, -0.2) is 106 Å². The van der Waals surface area contributed by atoms with Gasteiger partial charge in [-0.1, -0.05) is 56.6 Å². The topological polar surface area (TPSA) is 233 Å². The van der Waals surface area contributed by atoms with Crippen molar-refractivity contribution in [2.75, 3.05) is 26.0 Å². The van der Waals surface area contributed by atoms with Crippen molar-refractivity contribution in [3.63, 3.8) is 0 Å². The van der Waals surface area contributed by atoms with E-state index >= 15 is 0 Å². The van der Waals surface area contributed by atoms with Crippen LogP contribution in [0.15, 0.2) is 35.4 Å². The number of Topliss-reactive ketones (excluding diaryl/α,β-unsaturated/α-hetero) is 1. The van der Waals surface area contributed by atoms with Gasteiger partial charge in [0.15, 0.2) is 9.84 Å². The first kappa shape index (κ1) is 41.0. The molecule has 4 amide bonds. The van der Waals surface area contributed by atoms with E-state index in [0.717, 1.165) is 38.5 Å². The quantitative estimate of drug-likeness (QED) is 0.190. The van der Waals surface area contributed by atoms with Gasteiger partial charge in [0.1, 0.15) is 23.2 Å². The summed E-state index contributed by atoms with van der Waals surface area (Å²) in [5.41, 5.74) is 3.12. The third-order valence-electron chi connectivity index (χ3n) is 11.1. The first-order valence-electron chi connectivity index (χ1n) is 18.8. The number of ether oxygens (including phenoxy) is 1. The number of methoxy groups -OCH3 is 1. The van der Waals surface area contributed by atoms with E-state index in [0.29, 0.717) is 25.0 Å². The lowest BCUT2D eigenvalue weighted by molar-refractivity contribution is -0.145. The van der Waals surface area contributed by atoms with Crippen LogP contribution in [0.4, 0.5) is 0 Å². The number of nitrogens with two attached hydrogens (primary N) is 1. The first-order valence-corrected chi connectivity index (χ1v) is 20.4. The lowest BCUT2D eigenvalue weighted by Crippen LogP contribution is -2.62. The lowest BCUT2D eigenvalue weighted by atomic mass is 9.78. The number of primary amides is 1. The zero-order valence-corrected chi connectivity index (χ0v) is 32.1. The molecule has 1 unspecified atom stereocenters. The highest BCUT2D eigenvalue weighted by molar-refractivity contribution is 7.91. The van der Waals surface area contributed by atoms with Crippen molar-refractivity contribution >= 4 is 39.2 Å². The van der Waals surface area contributed by atoms with Crippen LogP contribution in [0.25, 0.3) is 0 Å². The van der Waals surface area contributed by atoms with Crippen molar-refractivity contribution in [2.45, 2.75) is 125 Å². The Bertz CT molecular complexity index is 1790. The van der Waals surface area contributed by atoms with Crippen molar-refractivity contribution in [1.82, 2.24) is 30.5 Å². The molecule has 0 bridgehead atoms. The number of hydrogen-bond acceptors (Lipinski definition) is 11. The fourth-order valence-corrected chi connectivity index (χ4v) is 9.27. The van der Waals surface area contributed by atoms with Gasteiger partial charge in [-0.2, -0.15) is 0 Å². The molecule has 54 heavy (non-hydrogen) atoms. The molecule has 0 radical (unpaired) electrons. The van der Waals surface area contributed by atoms with Gasteiger partial charge in [0, 0.05) is 25.6 Å². The molecule has 2 aromatic rings. The van der Waals surface area contributed by atoms with Gasteiger partial charge < -0.3 is 31.1 Å². The normalized spacial score (nSPS) is 21.3. The van der Waals surface area contributed by atoms with E-state index in [1.807, 2.05) is 0 Å². The SMILES string of the molecule is COCCS(=O)(=O)c1ccc(C(=O)NC(CC2CCCCC2)C(=O)N2C[C@@H](n3nncc3C(C)(C)O)C[C@H]2C(=O)NC2(C(=O)C(N)=O)CCCCC2)cc1. The molecule has 1 aromatic carbocycles. The van der Waals surface area contributed by atoms with Crippen LogP contribution in [-0.2, 0) is 39.4 Å². The zero-order valence-electron chi connectivity index (χ0n) is 31.3. The molecule has 296 valence electrons. The van der Waals surface area contributed by atoms with Crippen LogP contribution in [0.3, 0.4) is 0 Å². The molecular formula is C37H53N7O9S. The summed E-state index contributed by atoms with van der Waals surface area (Å²) in [6, 6.07) is 2.67. The average molecular weight is 772 g/mol. The summed E-state index contributed by atoms with van der Waals surface area (Å²) in [4.78, 5) is 69.7. The molecule has 5 rings (SSSR count). The Labute approximate surface area is 315 Å². The summed E-state index contributed by atoms with van der Waals surface area (Å²) in [5, 5.41) is 24.8. The van der Waals surface area contributed by atoms with Crippen LogP contribution in [0.5, 0.6) is 0 Å². The summed E-state index contributed by atoms with van der Waals surface area (Å²) < 4.78 is 31.7. The minimum Gasteiger partial charge on any atom is -0.384 e. The number of hydrogen-bond donors (Lipinski definition) is 4. The Morgan fingerprint density at radius 3 is 2.30 bits per heavy atom. The average Bonchev–Trinajstić information content (AvgIpc) is 3.83. The van der Waals surface area contributed by atoms with Crippen LogP contribution in [0.1, 0.15) is 113 Å². The summed E-state index contributed by atoms with van der Waals surface area (Å²) in [5.74, 6) is -3.87. The van der Waals surface area contributed by atoms with Crippen molar-refractivity contribution in [1.29, 1.82) is 0 Å². The van der Waals surface area contributed by atoms with Gasteiger partial charge in [-0.15, -0.1) is 5.10 Å². The molecule has 3 atom stereocenters. The second-order valence-corrected chi connectivity index (χ2v) is 17.6. The van der Waals surface area contributed by atoms with Crippen molar-refractivity contribution in [3.8, 4) is 0 Å². The van der Waals surface area contributed by atoms with E-state index in [-0.39, 0.29) is 54.5 Å². The van der Waals surface area contributed by atoms with E-state index in [2.05, 4.69) is 20.9 Å². The standard InChI is InChI=1S/C37H53N7O9S/c1-36(2,50)30-22-39-42-44(30)26-21-29(34(48)41-37(31(45)32(38)46)16-8-5-9-17-37)43(23-26)35(49)28(20-24-10-6-4-7-11-24)40-33(47)25-12-14-27(15-13-25)54(51,52)19-18-53-3/h12-15,22,24,26,28-29,50H,4-11,16-21,23H2,1-3H3,(H2,38,46)(H,40,47)(H,41,48)/t26-,28?,29-/m0/s1. The molecule has 2 aliphatic carbocycles. The van der Waals surface area contributed by atoms with E-state index in [4.69, 9.17) is 10.5 Å². The number of amides is 4. The van der Waals surface area contributed by atoms with Gasteiger partial charge in [-0.05, 0) is 63.3 Å². The van der Waals surface area contributed by atoms with Gasteiger partial charge in [0.05, 0.1) is 35.2 Å². The highest BCUT2D eigenvalue weighted by Crippen LogP contribution is 2.35. The third kappa shape index (κ3) is 9.34. The predicted molar refractivity (Wildman–Crippen MR) is 195 cm³/mol. The molecule has 3 aliphatic rings. The maximum absolute atomic E-state index is 14.8. The Balaban J connectivity index is 1.47. The fourth-order valence-electron chi connectivity index (χ4n) is 8.10. The second kappa shape index (κ2) is 17.1. The molecule has 2 heterocycles. The maximum Gasteiger partial charge on any atom is 0.287 e. The van der Waals surface area contributed by atoms with Crippen LogP contribution in [0.2, 0.25) is 0 Å². The van der Waals surface area contributed by atoms with Crippen LogP contribution < -0.4 is 16.4 Å². The largest absolute Gasteiger partial charge is 0.384 e. The number of aliphatic hydroxyl groups is 1. The summed E-state index contributed by atoms with van der Waals surface area (Å²) >= 11 is 0. The number of ketones is 1. The molecule has 1 aliphatic heterocycles. The molecule has 5 N–H and O–H groups in total. The highest BCUT2D eigenvalue weighted by Gasteiger charge is 2.49. The zero-order chi connectivity index (χ0) is 39.3. The third-order valence-corrected chi connectivity index (χ3v) is 12.8. The number of nitrogens with zero attached hydrogens (tertiary/aromatic N) is 4. The van der Waals surface area contributed by atoms with Gasteiger partial charge in [0.2, 0.25) is 17.6 Å². The van der Waals surface area contributed by atoms with Gasteiger partial charge >= 0.3 is 0 Å². The molecule has 1 aromatic heterocycles. The van der Waals surface area contributed by atoms with E-state index in [9.17, 15) is 37.5 Å². The number of benzene rings is 1. The predicted octanol–water partition coefficient (Wildman–Crippen LogP) is 1.71. The number of likely N-dealkylation sites (tertiary alicyclic amines) is 1. The summed E-state index contributed by atoms with van der Waals surface area (Å²) in [6.45, 7) is 3.14. The van der Waals surface area contributed by atoms with Crippen molar-refractivity contribution < 1.29 is 42.2 Å². The monoisotopic (exact) mass is 771 g/mol. The summed E-state index contributed by atoms with van der Waals surface area (Å²) in [6.07, 6.45) is 9.02. The number of rotatable bonds is 15. The minimum atomic E-state index is -3.64. The molecule has 0 spiro atoms. The lowest BCUT2D eigenvalue weighted by Gasteiger charge is -2.38. The molecular weight excluding hydrogens is 719 g/mol. The molecule has 3 fully saturated rings.